The molecule has 0 radical (unpaired) electrons. The third-order valence-electron chi connectivity index (χ3n) is 2.66. The number of aromatic nitrogens is 2. The highest BCUT2D eigenvalue weighted by atomic mass is 32.1. The molecule has 0 spiro atoms. The summed E-state index contributed by atoms with van der Waals surface area (Å²) in [7, 11) is 0. The number of rotatable bonds is 1. The number of hydrogen-bond donors (Lipinski definition) is 1. The van der Waals surface area contributed by atoms with E-state index in [4.69, 9.17) is 12.2 Å². The van der Waals surface area contributed by atoms with Crippen molar-refractivity contribution in [2.45, 2.75) is 13.8 Å². The molecule has 2 rings (SSSR count). The second-order valence-electron chi connectivity index (χ2n) is 3.89. The smallest absolute Gasteiger partial charge is 0.194 e. The predicted molar refractivity (Wildman–Crippen MR) is 64.2 cm³/mol. The first-order chi connectivity index (χ1) is 8.40. The van der Waals surface area contributed by atoms with Gasteiger partial charge in [0.1, 0.15) is 10.5 Å². The molecule has 2 aromatic rings. The Hall–Kier alpha value is -1.69. The van der Waals surface area contributed by atoms with Gasteiger partial charge in [0.2, 0.25) is 0 Å². The molecule has 0 saturated heterocycles. The summed E-state index contributed by atoms with van der Waals surface area (Å²) in [5, 5.41) is 0. The van der Waals surface area contributed by atoms with Crippen LogP contribution in [0.3, 0.4) is 0 Å². The highest BCUT2D eigenvalue weighted by Crippen LogP contribution is 2.21. The van der Waals surface area contributed by atoms with Gasteiger partial charge in [0, 0.05) is 16.8 Å². The third kappa shape index (κ3) is 2.15. The molecule has 0 aliphatic rings. The summed E-state index contributed by atoms with van der Waals surface area (Å²) in [5.74, 6) is -3.81. The van der Waals surface area contributed by atoms with Crippen molar-refractivity contribution in [1.29, 1.82) is 0 Å². The van der Waals surface area contributed by atoms with E-state index in [1.807, 2.05) is 0 Å². The fourth-order valence-corrected chi connectivity index (χ4v) is 1.72. The van der Waals surface area contributed by atoms with E-state index < -0.39 is 17.5 Å². The molecule has 94 valence electrons. The lowest BCUT2D eigenvalue weighted by Crippen LogP contribution is -1.99. The number of nitrogens with zero attached hydrogens (tertiary/aromatic N) is 1. The van der Waals surface area contributed by atoms with Crippen molar-refractivity contribution in [3.05, 3.63) is 45.5 Å². The van der Waals surface area contributed by atoms with Gasteiger partial charge in [0.15, 0.2) is 17.5 Å². The summed E-state index contributed by atoms with van der Waals surface area (Å²) in [4.78, 5) is 6.89. The van der Waals surface area contributed by atoms with Crippen LogP contribution in [0.15, 0.2) is 12.1 Å². The molecule has 18 heavy (non-hydrogen) atoms. The minimum atomic E-state index is -1.50. The van der Waals surface area contributed by atoms with Gasteiger partial charge in [-0.25, -0.2) is 18.2 Å². The van der Waals surface area contributed by atoms with Gasteiger partial charge in [-0.05, 0) is 26.0 Å². The van der Waals surface area contributed by atoms with Crippen molar-refractivity contribution in [3.63, 3.8) is 0 Å². The van der Waals surface area contributed by atoms with E-state index in [1.165, 1.54) is 0 Å². The molecule has 0 bridgehead atoms. The zero-order valence-electron chi connectivity index (χ0n) is 9.64. The maximum Gasteiger partial charge on any atom is 0.194 e. The van der Waals surface area contributed by atoms with E-state index in [0.717, 1.165) is 23.4 Å². The number of halogens is 3. The number of hydrogen-bond acceptors (Lipinski definition) is 2. The van der Waals surface area contributed by atoms with Crippen molar-refractivity contribution in [3.8, 4) is 11.4 Å². The Kier molecular flexibility index (Phi) is 3.21. The molecule has 0 amide bonds. The maximum absolute atomic E-state index is 13.1. The topological polar surface area (TPSA) is 28.7 Å². The van der Waals surface area contributed by atoms with Crippen LogP contribution in [0.2, 0.25) is 0 Å². The summed E-state index contributed by atoms with van der Waals surface area (Å²) in [6, 6.07) is 1.75. The zero-order valence-corrected chi connectivity index (χ0v) is 10.5. The van der Waals surface area contributed by atoms with Crippen LogP contribution >= 0.6 is 12.2 Å². The Morgan fingerprint density at radius 2 is 1.67 bits per heavy atom. The van der Waals surface area contributed by atoms with E-state index in [-0.39, 0.29) is 11.4 Å². The Morgan fingerprint density at radius 1 is 1.11 bits per heavy atom. The van der Waals surface area contributed by atoms with Gasteiger partial charge in [0.25, 0.3) is 0 Å². The van der Waals surface area contributed by atoms with Crippen LogP contribution in [-0.4, -0.2) is 9.97 Å². The Labute approximate surface area is 107 Å². The van der Waals surface area contributed by atoms with Gasteiger partial charge in [-0.3, -0.25) is 0 Å². The van der Waals surface area contributed by atoms with Gasteiger partial charge in [-0.1, -0.05) is 12.2 Å². The van der Waals surface area contributed by atoms with Crippen LogP contribution < -0.4 is 0 Å². The normalized spacial score (nSPS) is 10.7. The zero-order chi connectivity index (χ0) is 13.4. The van der Waals surface area contributed by atoms with Gasteiger partial charge in [-0.2, -0.15) is 0 Å². The molecular weight excluding hydrogens is 261 g/mol. The van der Waals surface area contributed by atoms with Crippen molar-refractivity contribution in [2.24, 2.45) is 0 Å². The lowest BCUT2D eigenvalue weighted by Gasteiger charge is -2.06. The van der Waals surface area contributed by atoms with Crippen molar-refractivity contribution >= 4 is 12.2 Å². The molecule has 1 aromatic carbocycles. The quantitative estimate of drug-likeness (QED) is 0.630. The lowest BCUT2D eigenvalue weighted by atomic mass is 10.1. The molecule has 6 heteroatoms. The lowest BCUT2D eigenvalue weighted by molar-refractivity contribution is 0.447. The number of nitrogens with one attached hydrogen (secondary N) is 1. The predicted octanol–water partition coefficient (Wildman–Crippen LogP) is 3.84. The SMILES string of the molecule is Cc1[nH]c(-c2cc(F)c(F)c(F)c2)nc(=S)c1C. The van der Waals surface area contributed by atoms with Gasteiger partial charge in [-0.15, -0.1) is 0 Å². The van der Waals surface area contributed by atoms with Crippen LogP contribution in [-0.2, 0) is 0 Å². The van der Waals surface area contributed by atoms with Crippen LogP contribution in [0.1, 0.15) is 11.3 Å². The molecule has 0 atom stereocenters. The van der Waals surface area contributed by atoms with E-state index in [0.29, 0.717) is 4.64 Å². The molecule has 2 nitrogen and oxygen atoms in total. The second kappa shape index (κ2) is 4.53. The minimum Gasteiger partial charge on any atom is -0.343 e. The summed E-state index contributed by atoms with van der Waals surface area (Å²) in [6.07, 6.45) is 0. The summed E-state index contributed by atoms with van der Waals surface area (Å²) in [6.45, 7) is 3.56. The Bertz CT molecular complexity index is 657. The average Bonchev–Trinajstić information content (AvgIpc) is 2.31. The minimum absolute atomic E-state index is 0.112. The van der Waals surface area contributed by atoms with Gasteiger partial charge < -0.3 is 4.98 Å². The van der Waals surface area contributed by atoms with E-state index in [2.05, 4.69) is 9.97 Å². The van der Waals surface area contributed by atoms with Crippen LogP contribution in [0.25, 0.3) is 11.4 Å². The van der Waals surface area contributed by atoms with Crippen molar-refractivity contribution in [2.75, 3.05) is 0 Å². The summed E-state index contributed by atoms with van der Waals surface area (Å²) in [5.41, 5.74) is 1.65. The van der Waals surface area contributed by atoms with E-state index >= 15 is 0 Å². The largest absolute Gasteiger partial charge is 0.343 e. The molecular formula is C12H9F3N2S. The molecule has 0 aliphatic heterocycles. The van der Waals surface area contributed by atoms with Crippen LogP contribution in [0.4, 0.5) is 13.2 Å². The second-order valence-corrected chi connectivity index (χ2v) is 4.28. The van der Waals surface area contributed by atoms with Crippen molar-refractivity contribution < 1.29 is 13.2 Å². The van der Waals surface area contributed by atoms with Gasteiger partial charge in [0.05, 0.1) is 0 Å². The molecule has 0 unspecified atom stereocenters. The number of aromatic amines is 1. The fraction of sp³-hybridized carbons (Fsp3) is 0.167. The first kappa shape index (κ1) is 12.8. The number of aryl methyl sites for hydroxylation is 1. The summed E-state index contributed by atoms with van der Waals surface area (Å²) < 4.78 is 39.4. The number of H-pyrrole nitrogens is 1. The molecule has 1 N–H and O–H groups in total. The highest BCUT2D eigenvalue weighted by molar-refractivity contribution is 7.71. The third-order valence-corrected chi connectivity index (χ3v) is 3.06. The molecule has 0 fully saturated rings. The fourth-order valence-electron chi connectivity index (χ4n) is 1.47. The molecule has 0 aliphatic carbocycles. The molecule has 1 heterocycles. The standard InChI is InChI=1S/C12H9F3N2S/c1-5-6(2)16-11(17-12(5)18)7-3-8(13)10(15)9(14)4-7/h3-4H,1-2H3,(H,16,17,18). The molecule has 1 aromatic heterocycles. The first-order valence-electron chi connectivity index (χ1n) is 5.12. The Balaban J connectivity index is 2.66. The first-order valence-corrected chi connectivity index (χ1v) is 5.53. The number of benzene rings is 1. The maximum atomic E-state index is 13.1. The highest BCUT2D eigenvalue weighted by Gasteiger charge is 2.13. The van der Waals surface area contributed by atoms with Crippen LogP contribution in [0.5, 0.6) is 0 Å². The molecule has 0 saturated carbocycles. The van der Waals surface area contributed by atoms with Gasteiger partial charge >= 0.3 is 0 Å². The average molecular weight is 270 g/mol. The van der Waals surface area contributed by atoms with Crippen LogP contribution in [0, 0.1) is 35.9 Å². The van der Waals surface area contributed by atoms with Crippen molar-refractivity contribution in [1.82, 2.24) is 9.97 Å². The monoisotopic (exact) mass is 270 g/mol. The Morgan fingerprint density at radius 3 is 2.17 bits per heavy atom. The van der Waals surface area contributed by atoms with E-state index in [9.17, 15) is 13.2 Å². The summed E-state index contributed by atoms with van der Waals surface area (Å²) >= 11 is 5.03. The van der Waals surface area contributed by atoms with E-state index in [1.54, 1.807) is 13.8 Å².